The lowest BCUT2D eigenvalue weighted by molar-refractivity contribution is -0.143. The predicted octanol–water partition coefficient (Wildman–Crippen LogP) is 5.31. The van der Waals surface area contributed by atoms with E-state index in [0.29, 0.717) is 16.0 Å². The molecule has 0 aliphatic rings. The van der Waals surface area contributed by atoms with Gasteiger partial charge in [-0.2, -0.15) is 18.3 Å². The first-order chi connectivity index (χ1) is 14.6. The van der Waals surface area contributed by atoms with Crippen molar-refractivity contribution in [3.8, 4) is 11.4 Å². The lowest BCUT2D eigenvalue weighted by atomic mass is 10.1. The highest BCUT2D eigenvalue weighted by Crippen LogP contribution is 2.34. The Kier molecular flexibility index (Phi) is 6.33. The lowest BCUT2D eigenvalue weighted by Gasteiger charge is -2.17. The van der Waals surface area contributed by atoms with Crippen molar-refractivity contribution in [1.82, 2.24) is 15.1 Å². The monoisotopic (exact) mass is 435 g/mol. The first-order valence-corrected chi connectivity index (χ1v) is 9.55. The van der Waals surface area contributed by atoms with E-state index in [9.17, 15) is 22.4 Å². The van der Waals surface area contributed by atoms with Gasteiger partial charge in [-0.1, -0.05) is 24.3 Å². The van der Waals surface area contributed by atoms with E-state index in [-0.39, 0.29) is 6.10 Å². The number of nitrogens with one attached hydrogen (secondary N) is 1. The standard InChI is InChI=1S/C22H21F4N3O2/c1-13(2)31-16-10-8-15(9-11-16)14(3)28-21(30)17-12-27-29(20(17)22(24,25)26)19-7-5-4-6-18(19)23/h4-14H,1-3H3,(H,28,30). The Morgan fingerprint density at radius 1 is 1.06 bits per heavy atom. The molecule has 1 heterocycles. The Bertz CT molecular complexity index is 1060. The molecule has 0 aliphatic carbocycles. The molecule has 1 atom stereocenters. The number of ether oxygens (including phenoxy) is 1. The molecule has 0 saturated heterocycles. The van der Waals surface area contributed by atoms with Gasteiger partial charge in [0.2, 0.25) is 0 Å². The molecule has 0 aliphatic heterocycles. The molecule has 0 bridgehead atoms. The number of hydrogen-bond acceptors (Lipinski definition) is 3. The lowest BCUT2D eigenvalue weighted by Crippen LogP contribution is -2.29. The molecule has 5 nitrogen and oxygen atoms in total. The van der Waals surface area contributed by atoms with Crippen LogP contribution in [0.25, 0.3) is 5.69 Å². The van der Waals surface area contributed by atoms with Crippen LogP contribution in [-0.4, -0.2) is 21.8 Å². The number of nitrogens with zero attached hydrogens (tertiary/aromatic N) is 2. The van der Waals surface area contributed by atoms with Crippen LogP contribution >= 0.6 is 0 Å². The molecule has 1 N–H and O–H groups in total. The Morgan fingerprint density at radius 3 is 2.29 bits per heavy atom. The Labute approximate surface area is 176 Å². The molecular formula is C22H21F4N3O2. The highest BCUT2D eigenvalue weighted by Gasteiger charge is 2.41. The number of para-hydroxylation sites is 1. The first-order valence-electron chi connectivity index (χ1n) is 9.55. The maximum Gasteiger partial charge on any atom is 0.434 e. The fourth-order valence-corrected chi connectivity index (χ4v) is 3.06. The topological polar surface area (TPSA) is 56.1 Å². The summed E-state index contributed by atoms with van der Waals surface area (Å²) in [4.78, 5) is 12.7. The summed E-state index contributed by atoms with van der Waals surface area (Å²) in [6.07, 6.45) is -4.14. The number of hydrogen-bond donors (Lipinski definition) is 1. The molecule has 0 fully saturated rings. The van der Waals surface area contributed by atoms with Gasteiger partial charge in [0.1, 0.15) is 17.3 Å². The minimum absolute atomic E-state index is 0.00486. The quantitative estimate of drug-likeness (QED) is 0.534. The summed E-state index contributed by atoms with van der Waals surface area (Å²) in [6.45, 7) is 5.41. The Hall–Kier alpha value is -3.36. The van der Waals surface area contributed by atoms with Crippen molar-refractivity contribution in [1.29, 1.82) is 0 Å². The van der Waals surface area contributed by atoms with Gasteiger partial charge in [0.05, 0.1) is 23.9 Å². The fourth-order valence-electron chi connectivity index (χ4n) is 3.06. The van der Waals surface area contributed by atoms with E-state index in [1.165, 1.54) is 12.1 Å². The van der Waals surface area contributed by atoms with Crippen molar-refractivity contribution >= 4 is 5.91 Å². The van der Waals surface area contributed by atoms with Crippen molar-refractivity contribution in [3.05, 3.63) is 77.4 Å². The van der Waals surface area contributed by atoms with Gasteiger partial charge in [-0.05, 0) is 50.6 Å². The van der Waals surface area contributed by atoms with Gasteiger partial charge in [-0.3, -0.25) is 4.79 Å². The van der Waals surface area contributed by atoms with Crippen LogP contribution in [0.3, 0.4) is 0 Å². The van der Waals surface area contributed by atoms with Crippen molar-refractivity contribution in [2.75, 3.05) is 0 Å². The highest BCUT2D eigenvalue weighted by atomic mass is 19.4. The van der Waals surface area contributed by atoms with E-state index in [1.807, 2.05) is 13.8 Å². The van der Waals surface area contributed by atoms with Gasteiger partial charge in [0, 0.05) is 0 Å². The van der Waals surface area contributed by atoms with Crippen LogP contribution in [0.4, 0.5) is 17.6 Å². The van der Waals surface area contributed by atoms with Crippen LogP contribution in [-0.2, 0) is 6.18 Å². The summed E-state index contributed by atoms with van der Waals surface area (Å²) < 4.78 is 61.3. The zero-order valence-electron chi connectivity index (χ0n) is 17.1. The molecule has 0 spiro atoms. The zero-order valence-corrected chi connectivity index (χ0v) is 17.1. The third-order valence-electron chi connectivity index (χ3n) is 4.46. The minimum atomic E-state index is -4.93. The molecule has 164 valence electrons. The third kappa shape index (κ3) is 5.04. The van der Waals surface area contributed by atoms with Gasteiger partial charge in [-0.15, -0.1) is 0 Å². The summed E-state index contributed by atoms with van der Waals surface area (Å²) >= 11 is 0. The number of aromatic nitrogens is 2. The average molecular weight is 435 g/mol. The number of carbonyl (C=O) groups excluding carboxylic acids is 1. The first kappa shape index (κ1) is 22.3. The molecular weight excluding hydrogens is 414 g/mol. The molecule has 3 aromatic rings. The maximum absolute atomic E-state index is 14.1. The second-order valence-corrected chi connectivity index (χ2v) is 7.20. The van der Waals surface area contributed by atoms with E-state index in [0.717, 1.165) is 18.3 Å². The number of rotatable bonds is 6. The SMILES string of the molecule is CC(C)Oc1ccc(C(C)NC(=O)c2cnn(-c3ccccc3F)c2C(F)(F)F)cc1. The van der Waals surface area contributed by atoms with Crippen molar-refractivity contribution in [2.24, 2.45) is 0 Å². The summed E-state index contributed by atoms with van der Waals surface area (Å²) in [6, 6.07) is 11.2. The van der Waals surface area contributed by atoms with Crippen LogP contribution in [0, 0.1) is 5.82 Å². The van der Waals surface area contributed by atoms with Crippen LogP contribution in [0.2, 0.25) is 0 Å². The van der Waals surface area contributed by atoms with Crippen molar-refractivity contribution in [2.45, 2.75) is 39.1 Å². The van der Waals surface area contributed by atoms with Crippen LogP contribution in [0.1, 0.15) is 48.4 Å². The molecule has 0 saturated carbocycles. The second kappa shape index (κ2) is 8.79. The smallest absolute Gasteiger partial charge is 0.434 e. The predicted molar refractivity (Wildman–Crippen MR) is 107 cm³/mol. The number of halogens is 4. The van der Waals surface area contributed by atoms with Gasteiger partial charge >= 0.3 is 6.18 Å². The van der Waals surface area contributed by atoms with Gasteiger partial charge in [0.15, 0.2) is 5.69 Å². The van der Waals surface area contributed by atoms with Crippen molar-refractivity contribution < 1.29 is 27.1 Å². The average Bonchev–Trinajstić information content (AvgIpc) is 3.14. The molecule has 0 radical (unpaired) electrons. The number of amides is 1. The number of alkyl halides is 3. The minimum Gasteiger partial charge on any atom is -0.491 e. The summed E-state index contributed by atoms with van der Waals surface area (Å²) in [5.74, 6) is -1.21. The molecule has 1 aromatic heterocycles. The van der Waals surface area contributed by atoms with Crippen LogP contribution < -0.4 is 10.1 Å². The normalized spacial score (nSPS) is 12.6. The number of benzene rings is 2. The second-order valence-electron chi connectivity index (χ2n) is 7.20. The zero-order chi connectivity index (χ0) is 22.8. The van der Waals surface area contributed by atoms with Gasteiger partial charge < -0.3 is 10.1 Å². The van der Waals surface area contributed by atoms with Crippen LogP contribution in [0.15, 0.2) is 54.7 Å². The van der Waals surface area contributed by atoms with Crippen molar-refractivity contribution in [3.63, 3.8) is 0 Å². The molecule has 3 rings (SSSR count). The molecule has 2 aromatic carbocycles. The van der Waals surface area contributed by atoms with E-state index < -0.39 is 40.9 Å². The molecule has 9 heteroatoms. The van der Waals surface area contributed by atoms with E-state index in [4.69, 9.17) is 4.74 Å². The summed E-state index contributed by atoms with van der Waals surface area (Å²) in [5, 5.41) is 6.17. The van der Waals surface area contributed by atoms with Gasteiger partial charge in [-0.25, -0.2) is 9.07 Å². The number of carbonyl (C=O) groups is 1. The Balaban J connectivity index is 1.87. The highest BCUT2D eigenvalue weighted by molar-refractivity contribution is 5.95. The van der Waals surface area contributed by atoms with Gasteiger partial charge in [0.25, 0.3) is 5.91 Å². The molecule has 1 unspecified atom stereocenters. The fraction of sp³-hybridized carbons (Fsp3) is 0.273. The van der Waals surface area contributed by atoms with E-state index in [1.54, 1.807) is 31.2 Å². The summed E-state index contributed by atoms with van der Waals surface area (Å²) in [7, 11) is 0. The summed E-state index contributed by atoms with van der Waals surface area (Å²) in [5.41, 5.74) is -1.76. The molecule has 31 heavy (non-hydrogen) atoms. The largest absolute Gasteiger partial charge is 0.491 e. The van der Waals surface area contributed by atoms with E-state index in [2.05, 4.69) is 10.4 Å². The third-order valence-corrected chi connectivity index (χ3v) is 4.46. The molecule has 1 amide bonds. The van der Waals surface area contributed by atoms with E-state index >= 15 is 0 Å². The Morgan fingerprint density at radius 2 is 1.71 bits per heavy atom. The maximum atomic E-state index is 14.1. The van der Waals surface area contributed by atoms with Crippen LogP contribution in [0.5, 0.6) is 5.75 Å².